The summed E-state index contributed by atoms with van der Waals surface area (Å²) in [6, 6.07) is 20.1. The Balaban J connectivity index is 1.65. The minimum Gasteiger partial charge on any atom is -0.375 e. The Morgan fingerprint density at radius 3 is 2.30 bits per heavy atom. The Bertz CT molecular complexity index is 586. The van der Waals surface area contributed by atoms with Gasteiger partial charge in [-0.3, -0.25) is 0 Å². The molecule has 4 nitrogen and oxygen atoms in total. The molecular formula is C19H25N3O. The molecule has 0 saturated carbocycles. The number of benzene rings is 2. The molecule has 2 N–H and O–H groups in total. The van der Waals surface area contributed by atoms with Crippen LogP contribution in [-0.2, 0) is 0 Å². The molecule has 122 valence electrons. The molecule has 0 aliphatic carbocycles. The molecule has 0 aliphatic rings. The minimum absolute atomic E-state index is 0.00296. The van der Waals surface area contributed by atoms with Crippen LogP contribution in [0, 0.1) is 0 Å². The van der Waals surface area contributed by atoms with Gasteiger partial charge in [-0.05, 0) is 31.0 Å². The molecule has 0 spiro atoms. The van der Waals surface area contributed by atoms with Gasteiger partial charge in [-0.2, -0.15) is 0 Å². The van der Waals surface area contributed by atoms with E-state index in [-0.39, 0.29) is 12.1 Å². The summed E-state index contributed by atoms with van der Waals surface area (Å²) in [6.45, 7) is 3.54. The van der Waals surface area contributed by atoms with E-state index in [0.717, 1.165) is 18.5 Å². The lowest BCUT2D eigenvalue weighted by Gasteiger charge is -2.19. The third kappa shape index (κ3) is 5.66. The number of rotatable bonds is 7. The van der Waals surface area contributed by atoms with Crippen LogP contribution < -0.4 is 15.5 Å². The topological polar surface area (TPSA) is 44.4 Å². The summed E-state index contributed by atoms with van der Waals surface area (Å²) in [5.74, 6) is 0. The molecule has 4 heteroatoms. The van der Waals surface area contributed by atoms with Crippen molar-refractivity contribution in [3.05, 3.63) is 66.2 Å². The van der Waals surface area contributed by atoms with Crippen molar-refractivity contribution in [1.82, 2.24) is 10.6 Å². The maximum atomic E-state index is 11.9. The highest BCUT2D eigenvalue weighted by molar-refractivity contribution is 5.74. The first kappa shape index (κ1) is 16.9. The molecule has 1 atom stereocenters. The molecule has 0 fully saturated rings. The Labute approximate surface area is 138 Å². The molecule has 0 aliphatic heterocycles. The van der Waals surface area contributed by atoms with Crippen LogP contribution in [0.2, 0.25) is 0 Å². The lowest BCUT2D eigenvalue weighted by atomic mass is 10.1. The highest BCUT2D eigenvalue weighted by Gasteiger charge is 2.08. The molecule has 0 aromatic heterocycles. The number of nitrogens with one attached hydrogen (secondary N) is 2. The van der Waals surface area contributed by atoms with Gasteiger partial charge in [0.2, 0.25) is 0 Å². The van der Waals surface area contributed by atoms with Crippen LogP contribution in [0.25, 0.3) is 0 Å². The number of anilines is 1. The molecule has 0 saturated heterocycles. The third-order valence-electron chi connectivity index (χ3n) is 3.80. The van der Waals surface area contributed by atoms with Crippen molar-refractivity contribution in [2.75, 3.05) is 25.0 Å². The van der Waals surface area contributed by atoms with E-state index in [1.54, 1.807) is 0 Å². The van der Waals surface area contributed by atoms with Crippen molar-refractivity contribution in [2.24, 2.45) is 0 Å². The van der Waals surface area contributed by atoms with Gasteiger partial charge in [-0.15, -0.1) is 0 Å². The van der Waals surface area contributed by atoms with Crippen molar-refractivity contribution >= 4 is 11.7 Å². The van der Waals surface area contributed by atoms with Gasteiger partial charge in [0.25, 0.3) is 0 Å². The predicted molar refractivity (Wildman–Crippen MR) is 95.7 cm³/mol. The van der Waals surface area contributed by atoms with E-state index in [1.807, 2.05) is 55.5 Å². The Kier molecular flexibility index (Phi) is 6.48. The van der Waals surface area contributed by atoms with Crippen LogP contribution in [0.15, 0.2) is 60.7 Å². The number of hydrogen-bond acceptors (Lipinski definition) is 2. The monoisotopic (exact) mass is 311 g/mol. The van der Waals surface area contributed by atoms with Crippen molar-refractivity contribution in [3.63, 3.8) is 0 Å². The number of carbonyl (C=O) groups is 1. The van der Waals surface area contributed by atoms with Gasteiger partial charge in [0, 0.05) is 25.8 Å². The number of carbonyl (C=O) groups excluding carboxylic acids is 1. The number of amides is 2. The molecule has 2 amide bonds. The van der Waals surface area contributed by atoms with Gasteiger partial charge >= 0.3 is 6.03 Å². The van der Waals surface area contributed by atoms with E-state index in [9.17, 15) is 4.79 Å². The second-order valence-corrected chi connectivity index (χ2v) is 5.64. The van der Waals surface area contributed by atoms with Crippen molar-refractivity contribution in [1.29, 1.82) is 0 Å². The molecule has 2 aromatic rings. The van der Waals surface area contributed by atoms with Crippen molar-refractivity contribution in [3.8, 4) is 0 Å². The fourth-order valence-corrected chi connectivity index (χ4v) is 2.40. The molecule has 2 aromatic carbocycles. The van der Waals surface area contributed by atoms with Gasteiger partial charge in [-0.1, -0.05) is 48.5 Å². The van der Waals surface area contributed by atoms with Gasteiger partial charge in [0.1, 0.15) is 0 Å². The largest absolute Gasteiger partial charge is 0.375 e. The summed E-state index contributed by atoms with van der Waals surface area (Å²) in [5.41, 5.74) is 2.29. The van der Waals surface area contributed by atoms with E-state index in [1.165, 1.54) is 5.69 Å². The molecule has 0 heterocycles. The van der Waals surface area contributed by atoms with E-state index in [0.29, 0.717) is 6.54 Å². The maximum Gasteiger partial charge on any atom is 0.315 e. The minimum atomic E-state index is -0.122. The van der Waals surface area contributed by atoms with Crippen molar-refractivity contribution in [2.45, 2.75) is 19.4 Å². The van der Waals surface area contributed by atoms with Crippen molar-refractivity contribution < 1.29 is 4.79 Å². The van der Waals surface area contributed by atoms with Gasteiger partial charge in [-0.25, -0.2) is 4.79 Å². The van der Waals surface area contributed by atoms with Gasteiger partial charge in [0.15, 0.2) is 0 Å². The van der Waals surface area contributed by atoms with E-state index < -0.39 is 0 Å². The lowest BCUT2D eigenvalue weighted by molar-refractivity contribution is 0.238. The summed E-state index contributed by atoms with van der Waals surface area (Å²) in [4.78, 5) is 14.1. The second kappa shape index (κ2) is 8.83. The average Bonchev–Trinajstić information content (AvgIpc) is 2.60. The van der Waals surface area contributed by atoms with Crippen LogP contribution in [0.3, 0.4) is 0 Å². The van der Waals surface area contributed by atoms with Crippen LogP contribution in [-0.4, -0.2) is 26.2 Å². The normalized spacial score (nSPS) is 11.6. The smallest absolute Gasteiger partial charge is 0.315 e. The summed E-state index contributed by atoms with van der Waals surface area (Å²) >= 11 is 0. The van der Waals surface area contributed by atoms with Gasteiger partial charge < -0.3 is 15.5 Å². The molecule has 0 radical (unpaired) electrons. The fraction of sp³-hybridized carbons (Fsp3) is 0.316. The number of urea groups is 1. The van der Waals surface area contributed by atoms with E-state index in [2.05, 4.69) is 34.7 Å². The molecule has 23 heavy (non-hydrogen) atoms. The first-order valence-electron chi connectivity index (χ1n) is 8.02. The molecular weight excluding hydrogens is 286 g/mol. The zero-order chi connectivity index (χ0) is 16.5. The summed E-state index contributed by atoms with van der Waals surface area (Å²) in [5, 5.41) is 5.87. The number of nitrogens with zero attached hydrogens (tertiary/aromatic N) is 1. The first-order chi connectivity index (χ1) is 11.2. The standard InChI is InChI=1S/C19H25N3O/c1-16(17-10-5-3-6-11-17)21-19(23)20-14-9-15-22(2)18-12-7-4-8-13-18/h3-8,10-13,16H,9,14-15H2,1-2H3,(H2,20,21,23). The molecule has 2 rings (SSSR count). The zero-order valence-electron chi connectivity index (χ0n) is 13.8. The fourth-order valence-electron chi connectivity index (χ4n) is 2.40. The first-order valence-corrected chi connectivity index (χ1v) is 8.02. The molecule has 0 bridgehead atoms. The van der Waals surface area contributed by atoms with Crippen LogP contribution in [0.5, 0.6) is 0 Å². The number of para-hydroxylation sites is 1. The Hall–Kier alpha value is -2.49. The quantitative estimate of drug-likeness (QED) is 0.768. The van der Waals surface area contributed by atoms with Crippen LogP contribution >= 0.6 is 0 Å². The van der Waals surface area contributed by atoms with E-state index >= 15 is 0 Å². The van der Waals surface area contributed by atoms with Gasteiger partial charge in [0.05, 0.1) is 6.04 Å². The maximum absolute atomic E-state index is 11.9. The second-order valence-electron chi connectivity index (χ2n) is 5.64. The summed E-state index contributed by atoms with van der Waals surface area (Å²) < 4.78 is 0. The van der Waals surface area contributed by atoms with Crippen LogP contribution in [0.4, 0.5) is 10.5 Å². The Morgan fingerprint density at radius 1 is 1.04 bits per heavy atom. The highest BCUT2D eigenvalue weighted by atomic mass is 16.2. The highest BCUT2D eigenvalue weighted by Crippen LogP contribution is 2.11. The lowest BCUT2D eigenvalue weighted by Crippen LogP contribution is -2.38. The predicted octanol–water partition coefficient (Wildman–Crippen LogP) is 3.57. The van der Waals surface area contributed by atoms with E-state index in [4.69, 9.17) is 0 Å². The molecule has 1 unspecified atom stereocenters. The summed E-state index contributed by atoms with van der Waals surface area (Å²) in [7, 11) is 2.06. The van der Waals surface area contributed by atoms with Crippen LogP contribution in [0.1, 0.15) is 24.9 Å². The summed E-state index contributed by atoms with van der Waals surface area (Å²) in [6.07, 6.45) is 0.901. The Morgan fingerprint density at radius 2 is 1.65 bits per heavy atom. The zero-order valence-corrected chi connectivity index (χ0v) is 13.8. The number of hydrogen-bond donors (Lipinski definition) is 2. The average molecular weight is 311 g/mol. The third-order valence-corrected chi connectivity index (χ3v) is 3.80. The SMILES string of the molecule is CC(NC(=O)NCCCN(C)c1ccccc1)c1ccccc1.